The summed E-state index contributed by atoms with van der Waals surface area (Å²) in [5.41, 5.74) is 1.42. The number of carbonyl (C=O) groups is 2. The number of aryl methyl sites for hydroxylation is 1. The predicted molar refractivity (Wildman–Crippen MR) is 113 cm³/mol. The average Bonchev–Trinajstić information content (AvgIpc) is 3.21. The Hall–Kier alpha value is -3.61. The molecule has 1 N–H and O–H groups in total. The van der Waals surface area contributed by atoms with E-state index in [1.54, 1.807) is 37.6 Å². The van der Waals surface area contributed by atoms with Crippen molar-refractivity contribution in [3.63, 3.8) is 0 Å². The van der Waals surface area contributed by atoms with Gasteiger partial charge in [0, 0.05) is 37.0 Å². The van der Waals surface area contributed by atoms with Gasteiger partial charge in [-0.3, -0.25) is 9.59 Å². The van der Waals surface area contributed by atoms with Gasteiger partial charge in [0.25, 0.3) is 5.91 Å². The molecule has 0 aliphatic heterocycles. The van der Waals surface area contributed by atoms with E-state index in [9.17, 15) is 9.59 Å². The third-order valence-corrected chi connectivity index (χ3v) is 4.74. The summed E-state index contributed by atoms with van der Waals surface area (Å²) >= 11 is 0. The van der Waals surface area contributed by atoms with Crippen LogP contribution in [0.25, 0.3) is 0 Å². The van der Waals surface area contributed by atoms with Crippen LogP contribution in [0.2, 0.25) is 0 Å². The van der Waals surface area contributed by atoms with E-state index in [1.165, 1.54) is 0 Å². The molecule has 1 aromatic heterocycles. The third kappa shape index (κ3) is 4.86. The number of imidazole rings is 1. The minimum atomic E-state index is -0.498. The smallest absolute Gasteiger partial charge is 0.258 e. The van der Waals surface area contributed by atoms with Gasteiger partial charge in [0.1, 0.15) is 23.4 Å². The fourth-order valence-electron chi connectivity index (χ4n) is 3.13. The van der Waals surface area contributed by atoms with Crippen molar-refractivity contribution in [2.24, 2.45) is 7.05 Å². The Morgan fingerprint density at radius 2 is 1.87 bits per heavy atom. The van der Waals surface area contributed by atoms with Crippen LogP contribution in [-0.4, -0.2) is 35.0 Å². The van der Waals surface area contributed by atoms with Crippen LogP contribution in [0.3, 0.4) is 0 Å². The summed E-state index contributed by atoms with van der Waals surface area (Å²) in [4.78, 5) is 28.8. The molecule has 0 aliphatic rings. The summed E-state index contributed by atoms with van der Waals surface area (Å²) in [7, 11) is 3.46. The topological polar surface area (TPSA) is 82.5 Å². The first-order valence-electron chi connectivity index (χ1n) is 9.69. The molecule has 3 aromatic rings. The lowest BCUT2D eigenvalue weighted by atomic mass is 10.0. The van der Waals surface area contributed by atoms with E-state index in [0.717, 1.165) is 5.56 Å². The van der Waals surface area contributed by atoms with Crippen LogP contribution in [0.15, 0.2) is 60.9 Å². The Morgan fingerprint density at radius 3 is 2.50 bits per heavy atom. The van der Waals surface area contributed by atoms with E-state index >= 15 is 0 Å². The third-order valence-electron chi connectivity index (χ3n) is 4.74. The molecule has 7 heteroatoms. The second-order valence-corrected chi connectivity index (χ2v) is 6.73. The van der Waals surface area contributed by atoms with Gasteiger partial charge < -0.3 is 19.4 Å². The number of nitrogens with one attached hydrogen (secondary N) is 1. The molecule has 0 spiro atoms. The summed E-state index contributed by atoms with van der Waals surface area (Å²) in [6, 6.07) is 13.8. The zero-order chi connectivity index (χ0) is 21.5. The summed E-state index contributed by atoms with van der Waals surface area (Å²) in [5.74, 6) is 1.61. The molecular weight excluding hydrogens is 382 g/mol. The molecule has 7 nitrogen and oxygen atoms in total. The number of ether oxygens (including phenoxy) is 2. The van der Waals surface area contributed by atoms with Crippen LogP contribution >= 0.6 is 0 Å². The van der Waals surface area contributed by atoms with Crippen LogP contribution < -0.4 is 14.8 Å². The van der Waals surface area contributed by atoms with Gasteiger partial charge >= 0.3 is 0 Å². The molecule has 1 unspecified atom stereocenters. The van der Waals surface area contributed by atoms with Crippen LogP contribution in [0.4, 0.5) is 0 Å². The predicted octanol–water partition coefficient (Wildman–Crippen LogP) is 3.31. The molecule has 1 atom stereocenters. The molecule has 0 saturated heterocycles. The molecular formula is C23H25N3O4. The fourth-order valence-corrected chi connectivity index (χ4v) is 3.13. The number of methoxy groups -OCH3 is 1. The quantitative estimate of drug-likeness (QED) is 0.551. The Labute approximate surface area is 175 Å². The second kappa shape index (κ2) is 9.73. The van der Waals surface area contributed by atoms with Crippen molar-refractivity contribution < 1.29 is 19.1 Å². The van der Waals surface area contributed by atoms with Crippen molar-refractivity contribution in [2.75, 3.05) is 13.7 Å². The van der Waals surface area contributed by atoms with Gasteiger partial charge in [0.2, 0.25) is 0 Å². The van der Waals surface area contributed by atoms with E-state index in [-0.39, 0.29) is 18.3 Å². The molecule has 0 bridgehead atoms. The van der Waals surface area contributed by atoms with Gasteiger partial charge in [-0.05, 0) is 30.3 Å². The number of ketones is 1. The van der Waals surface area contributed by atoms with Crippen LogP contribution in [0.1, 0.15) is 41.1 Å². The SMILES string of the molecule is CCC(=O)c1ccc(OCC(=O)NC(c2ccccc2OC)c2nccn2C)cc1. The number of aromatic nitrogens is 2. The summed E-state index contributed by atoms with van der Waals surface area (Å²) in [5, 5.41) is 2.98. The van der Waals surface area contributed by atoms with Crippen molar-refractivity contribution in [3.05, 3.63) is 77.9 Å². The van der Waals surface area contributed by atoms with Gasteiger partial charge in [0.05, 0.1) is 7.11 Å². The molecule has 1 amide bonds. The van der Waals surface area contributed by atoms with Crippen molar-refractivity contribution in [1.29, 1.82) is 0 Å². The number of rotatable bonds is 9. The Morgan fingerprint density at radius 1 is 1.13 bits per heavy atom. The van der Waals surface area contributed by atoms with Crippen LogP contribution in [0.5, 0.6) is 11.5 Å². The molecule has 30 heavy (non-hydrogen) atoms. The van der Waals surface area contributed by atoms with E-state index < -0.39 is 6.04 Å². The Kier molecular flexibility index (Phi) is 6.85. The van der Waals surface area contributed by atoms with Gasteiger partial charge in [-0.15, -0.1) is 0 Å². The Bertz CT molecular complexity index is 1010. The van der Waals surface area contributed by atoms with Crippen LogP contribution in [0, 0.1) is 0 Å². The minimum Gasteiger partial charge on any atom is -0.496 e. The monoisotopic (exact) mass is 407 g/mol. The van der Waals surface area contributed by atoms with Crippen molar-refractivity contribution in [3.8, 4) is 11.5 Å². The maximum Gasteiger partial charge on any atom is 0.258 e. The molecule has 1 heterocycles. The zero-order valence-electron chi connectivity index (χ0n) is 17.3. The Balaban J connectivity index is 1.72. The molecule has 0 aliphatic carbocycles. The molecule has 3 rings (SSSR count). The molecule has 156 valence electrons. The lowest BCUT2D eigenvalue weighted by Crippen LogP contribution is -2.34. The molecule has 0 fully saturated rings. The molecule has 0 radical (unpaired) electrons. The maximum atomic E-state index is 12.7. The standard InChI is InChI=1S/C23H25N3O4/c1-4-19(27)16-9-11-17(12-10-16)30-15-21(28)25-22(23-24-13-14-26(23)2)18-7-5-6-8-20(18)29-3/h5-14,22H,4,15H2,1-3H3,(H,25,28). The number of carbonyl (C=O) groups excluding carboxylic acids is 2. The number of hydrogen-bond donors (Lipinski definition) is 1. The first kappa shape index (κ1) is 21.1. The maximum absolute atomic E-state index is 12.7. The first-order chi connectivity index (χ1) is 14.5. The van der Waals surface area contributed by atoms with Crippen molar-refractivity contribution in [1.82, 2.24) is 14.9 Å². The number of benzene rings is 2. The number of amides is 1. The summed E-state index contributed by atoms with van der Waals surface area (Å²) in [6.45, 7) is 1.65. The van der Waals surface area contributed by atoms with E-state index in [0.29, 0.717) is 29.3 Å². The van der Waals surface area contributed by atoms with Gasteiger partial charge in [-0.25, -0.2) is 4.98 Å². The van der Waals surface area contributed by atoms with Gasteiger partial charge in [-0.2, -0.15) is 0 Å². The normalized spacial score (nSPS) is 11.6. The average molecular weight is 407 g/mol. The highest BCUT2D eigenvalue weighted by molar-refractivity contribution is 5.95. The largest absolute Gasteiger partial charge is 0.496 e. The fraction of sp³-hybridized carbons (Fsp3) is 0.261. The highest BCUT2D eigenvalue weighted by Gasteiger charge is 2.24. The zero-order valence-corrected chi connectivity index (χ0v) is 17.3. The van der Waals surface area contributed by atoms with Crippen LogP contribution in [-0.2, 0) is 11.8 Å². The highest BCUT2D eigenvalue weighted by atomic mass is 16.5. The van der Waals surface area contributed by atoms with Crippen molar-refractivity contribution in [2.45, 2.75) is 19.4 Å². The highest BCUT2D eigenvalue weighted by Crippen LogP contribution is 2.29. The lowest BCUT2D eigenvalue weighted by Gasteiger charge is -2.21. The second-order valence-electron chi connectivity index (χ2n) is 6.73. The molecule has 2 aromatic carbocycles. The number of nitrogens with zero attached hydrogens (tertiary/aromatic N) is 2. The number of hydrogen-bond acceptors (Lipinski definition) is 5. The van der Waals surface area contributed by atoms with Gasteiger partial charge in [0.15, 0.2) is 12.4 Å². The minimum absolute atomic E-state index is 0.0639. The number of para-hydroxylation sites is 1. The van der Waals surface area contributed by atoms with E-state index in [1.807, 2.05) is 49.0 Å². The van der Waals surface area contributed by atoms with E-state index in [4.69, 9.17) is 9.47 Å². The first-order valence-corrected chi connectivity index (χ1v) is 9.69. The van der Waals surface area contributed by atoms with E-state index in [2.05, 4.69) is 10.3 Å². The summed E-state index contributed by atoms with van der Waals surface area (Å²) in [6.07, 6.45) is 3.94. The molecule has 0 saturated carbocycles. The summed E-state index contributed by atoms with van der Waals surface area (Å²) < 4.78 is 12.9. The van der Waals surface area contributed by atoms with Gasteiger partial charge in [-0.1, -0.05) is 25.1 Å². The number of Topliss-reactive ketones (excluding diaryl/α,β-unsaturated/α-hetero) is 1. The van der Waals surface area contributed by atoms with Crippen molar-refractivity contribution >= 4 is 11.7 Å². The lowest BCUT2D eigenvalue weighted by molar-refractivity contribution is -0.123.